The first-order valence-corrected chi connectivity index (χ1v) is 6.38. The number of hydrogen-bond acceptors (Lipinski definition) is 2. The Morgan fingerprint density at radius 2 is 1.76 bits per heavy atom. The highest BCUT2D eigenvalue weighted by molar-refractivity contribution is 5.40. The summed E-state index contributed by atoms with van der Waals surface area (Å²) in [5.41, 5.74) is 7.83. The molecule has 1 unspecified atom stereocenters. The van der Waals surface area contributed by atoms with Crippen LogP contribution in [0.5, 0.6) is 5.75 Å². The minimum atomic E-state index is 0.184. The second-order valence-corrected chi connectivity index (χ2v) is 6.04. The minimum Gasteiger partial charge on any atom is -0.491 e. The molecule has 2 rings (SSSR count). The molecular formula is C15H23NO. The fourth-order valence-electron chi connectivity index (χ4n) is 2.79. The Balaban J connectivity index is 2.19. The molecule has 17 heavy (non-hydrogen) atoms. The highest BCUT2D eigenvalue weighted by Gasteiger charge is 2.60. The molecule has 0 amide bonds. The van der Waals surface area contributed by atoms with E-state index in [0.717, 1.165) is 12.3 Å². The van der Waals surface area contributed by atoms with Gasteiger partial charge in [0.2, 0.25) is 0 Å². The largest absolute Gasteiger partial charge is 0.491 e. The lowest BCUT2D eigenvalue weighted by atomic mass is 9.88. The van der Waals surface area contributed by atoms with Crippen LogP contribution in [0.3, 0.4) is 0 Å². The van der Waals surface area contributed by atoms with Gasteiger partial charge in [-0.05, 0) is 43.4 Å². The molecule has 0 bridgehead atoms. The highest BCUT2D eigenvalue weighted by Crippen LogP contribution is 2.63. The Morgan fingerprint density at radius 3 is 2.12 bits per heavy atom. The van der Waals surface area contributed by atoms with E-state index in [-0.39, 0.29) is 11.5 Å². The summed E-state index contributed by atoms with van der Waals surface area (Å²) in [5.74, 6) is 0.939. The number of benzene rings is 1. The van der Waals surface area contributed by atoms with Crippen molar-refractivity contribution in [3.05, 3.63) is 29.8 Å². The molecule has 2 N–H and O–H groups in total. The Bertz CT molecular complexity index is 394. The van der Waals surface area contributed by atoms with Gasteiger partial charge in [0.25, 0.3) is 0 Å². The molecule has 1 saturated carbocycles. The summed E-state index contributed by atoms with van der Waals surface area (Å²) in [4.78, 5) is 0. The first-order chi connectivity index (χ1) is 7.91. The van der Waals surface area contributed by atoms with Crippen LogP contribution in [0.4, 0.5) is 0 Å². The van der Waals surface area contributed by atoms with Gasteiger partial charge in [-0.1, -0.05) is 26.0 Å². The molecule has 1 aromatic rings. The lowest BCUT2D eigenvalue weighted by Gasteiger charge is -2.19. The third-order valence-corrected chi connectivity index (χ3v) is 4.04. The minimum absolute atomic E-state index is 0.184. The van der Waals surface area contributed by atoms with E-state index in [9.17, 15) is 0 Å². The van der Waals surface area contributed by atoms with E-state index in [2.05, 4.69) is 38.1 Å². The predicted molar refractivity (Wildman–Crippen MR) is 71.3 cm³/mol. The molecule has 0 aromatic heterocycles. The molecule has 2 heteroatoms. The van der Waals surface area contributed by atoms with Gasteiger partial charge in [0.05, 0.1) is 6.10 Å². The van der Waals surface area contributed by atoms with Crippen molar-refractivity contribution in [2.75, 3.05) is 6.54 Å². The number of nitrogens with two attached hydrogens (primary N) is 1. The predicted octanol–water partition coefficient (Wildman–Crippen LogP) is 3.10. The molecule has 1 aliphatic rings. The highest BCUT2D eigenvalue weighted by atomic mass is 16.5. The van der Waals surface area contributed by atoms with Gasteiger partial charge in [-0.3, -0.25) is 0 Å². The molecule has 1 aliphatic carbocycles. The SMILES string of the molecule is CC(C)Oc1ccc(C2(CN)CC2(C)C)cc1. The number of rotatable bonds is 4. The zero-order valence-corrected chi connectivity index (χ0v) is 11.3. The fourth-order valence-corrected chi connectivity index (χ4v) is 2.79. The van der Waals surface area contributed by atoms with Crippen molar-refractivity contribution in [1.29, 1.82) is 0 Å². The van der Waals surface area contributed by atoms with Gasteiger partial charge in [0, 0.05) is 12.0 Å². The molecule has 0 saturated heterocycles. The van der Waals surface area contributed by atoms with Crippen molar-refractivity contribution in [2.45, 2.75) is 45.6 Å². The zero-order valence-electron chi connectivity index (χ0n) is 11.3. The molecule has 0 aliphatic heterocycles. The monoisotopic (exact) mass is 233 g/mol. The maximum Gasteiger partial charge on any atom is 0.119 e. The number of ether oxygens (including phenoxy) is 1. The van der Waals surface area contributed by atoms with Crippen LogP contribution in [0.2, 0.25) is 0 Å². The van der Waals surface area contributed by atoms with Crippen LogP contribution in [0.15, 0.2) is 24.3 Å². The average Bonchev–Trinajstić information content (AvgIpc) is 2.82. The fraction of sp³-hybridized carbons (Fsp3) is 0.600. The zero-order chi connectivity index (χ0) is 12.7. The molecule has 94 valence electrons. The second-order valence-electron chi connectivity index (χ2n) is 6.04. The molecular weight excluding hydrogens is 210 g/mol. The number of hydrogen-bond donors (Lipinski definition) is 1. The van der Waals surface area contributed by atoms with Gasteiger partial charge in [-0.2, -0.15) is 0 Å². The Morgan fingerprint density at radius 1 is 1.24 bits per heavy atom. The Labute approximate surface area is 104 Å². The van der Waals surface area contributed by atoms with E-state index < -0.39 is 0 Å². The van der Waals surface area contributed by atoms with Crippen molar-refractivity contribution in [3.63, 3.8) is 0 Å². The van der Waals surface area contributed by atoms with Crippen molar-refractivity contribution >= 4 is 0 Å². The smallest absolute Gasteiger partial charge is 0.119 e. The van der Waals surface area contributed by atoms with Crippen LogP contribution in [-0.4, -0.2) is 12.6 Å². The van der Waals surface area contributed by atoms with Crippen LogP contribution in [0, 0.1) is 5.41 Å². The molecule has 1 atom stereocenters. The van der Waals surface area contributed by atoms with Crippen molar-refractivity contribution in [1.82, 2.24) is 0 Å². The van der Waals surface area contributed by atoms with Gasteiger partial charge in [-0.25, -0.2) is 0 Å². The summed E-state index contributed by atoms with van der Waals surface area (Å²) < 4.78 is 5.66. The molecule has 1 fully saturated rings. The van der Waals surface area contributed by atoms with E-state index in [4.69, 9.17) is 10.5 Å². The summed E-state index contributed by atoms with van der Waals surface area (Å²) in [6.45, 7) is 9.39. The van der Waals surface area contributed by atoms with Crippen molar-refractivity contribution in [2.24, 2.45) is 11.1 Å². The molecule has 0 radical (unpaired) electrons. The van der Waals surface area contributed by atoms with Crippen LogP contribution < -0.4 is 10.5 Å². The first kappa shape index (κ1) is 12.4. The Hall–Kier alpha value is -1.02. The van der Waals surface area contributed by atoms with Gasteiger partial charge >= 0.3 is 0 Å². The third-order valence-electron chi connectivity index (χ3n) is 4.04. The molecule has 0 spiro atoms. The maximum atomic E-state index is 5.96. The van der Waals surface area contributed by atoms with E-state index in [1.807, 2.05) is 13.8 Å². The maximum absolute atomic E-state index is 5.96. The summed E-state index contributed by atoms with van der Waals surface area (Å²) in [7, 11) is 0. The van der Waals surface area contributed by atoms with Crippen molar-refractivity contribution in [3.8, 4) is 5.75 Å². The van der Waals surface area contributed by atoms with E-state index in [1.165, 1.54) is 12.0 Å². The second kappa shape index (κ2) is 4.02. The lowest BCUT2D eigenvalue weighted by Crippen LogP contribution is -2.25. The summed E-state index contributed by atoms with van der Waals surface area (Å²) in [5, 5.41) is 0. The standard InChI is InChI=1S/C15H23NO/c1-11(2)17-13-7-5-12(6-8-13)15(10-16)9-14(15,3)4/h5-8,11H,9-10,16H2,1-4H3. The van der Waals surface area contributed by atoms with Crippen LogP contribution in [-0.2, 0) is 5.41 Å². The Kier molecular flexibility index (Phi) is 2.94. The summed E-state index contributed by atoms with van der Waals surface area (Å²) >= 11 is 0. The topological polar surface area (TPSA) is 35.2 Å². The van der Waals surface area contributed by atoms with Crippen LogP contribution in [0.25, 0.3) is 0 Å². The van der Waals surface area contributed by atoms with E-state index in [0.29, 0.717) is 5.41 Å². The third kappa shape index (κ3) is 2.06. The lowest BCUT2D eigenvalue weighted by molar-refractivity contribution is 0.242. The van der Waals surface area contributed by atoms with Gasteiger partial charge < -0.3 is 10.5 Å². The molecule has 0 heterocycles. The van der Waals surface area contributed by atoms with Gasteiger partial charge in [0.15, 0.2) is 0 Å². The van der Waals surface area contributed by atoms with E-state index >= 15 is 0 Å². The average molecular weight is 233 g/mol. The normalized spacial score (nSPS) is 26.0. The molecule has 1 aromatic carbocycles. The summed E-state index contributed by atoms with van der Waals surface area (Å²) in [6, 6.07) is 8.45. The molecule has 2 nitrogen and oxygen atoms in total. The van der Waals surface area contributed by atoms with Crippen molar-refractivity contribution < 1.29 is 4.74 Å². The van der Waals surface area contributed by atoms with Gasteiger partial charge in [-0.15, -0.1) is 0 Å². The summed E-state index contributed by atoms with van der Waals surface area (Å²) in [6.07, 6.45) is 1.41. The van der Waals surface area contributed by atoms with Crippen LogP contribution >= 0.6 is 0 Å². The quantitative estimate of drug-likeness (QED) is 0.867. The first-order valence-electron chi connectivity index (χ1n) is 6.38. The van der Waals surface area contributed by atoms with Crippen LogP contribution in [0.1, 0.15) is 39.7 Å². The van der Waals surface area contributed by atoms with Gasteiger partial charge in [0.1, 0.15) is 5.75 Å². The van der Waals surface area contributed by atoms with E-state index in [1.54, 1.807) is 0 Å².